The first kappa shape index (κ1) is 15.3. The summed E-state index contributed by atoms with van der Waals surface area (Å²) in [5, 5.41) is 0.728. The Kier molecular flexibility index (Phi) is 4.96. The van der Waals surface area contributed by atoms with Crippen molar-refractivity contribution in [1.29, 1.82) is 0 Å². The van der Waals surface area contributed by atoms with Gasteiger partial charge in [0.05, 0.1) is 0 Å². The Morgan fingerprint density at radius 1 is 1.09 bits per heavy atom. The maximum atomic E-state index is 6.15. The maximum absolute atomic E-state index is 6.15. The van der Waals surface area contributed by atoms with Crippen molar-refractivity contribution in [1.82, 2.24) is 4.90 Å². The van der Waals surface area contributed by atoms with E-state index in [1.807, 2.05) is 48.5 Å². The number of thiocarbonyl (C=S) groups is 1. The van der Waals surface area contributed by atoms with Crippen molar-refractivity contribution < 1.29 is 4.74 Å². The number of hydrogen-bond acceptors (Lipinski definition) is 2. The fraction of sp³-hybridized carbons (Fsp3) is 0.278. The summed E-state index contributed by atoms with van der Waals surface area (Å²) in [7, 11) is 0. The minimum atomic E-state index is 0.458. The molecule has 0 unspecified atom stereocenters. The predicted octanol–water partition coefficient (Wildman–Crippen LogP) is 4.69. The molecule has 0 saturated carbocycles. The van der Waals surface area contributed by atoms with E-state index in [0.29, 0.717) is 6.61 Å². The van der Waals surface area contributed by atoms with Crippen molar-refractivity contribution in [3.63, 3.8) is 0 Å². The molecule has 1 saturated heterocycles. The van der Waals surface area contributed by atoms with Crippen LogP contribution in [0.25, 0.3) is 0 Å². The van der Waals surface area contributed by atoms with Crippen molar-refractivity contribution >= 4 is 28.8 Å². The summed E-state index contributed by atoms with van der Waals surface area (Å²) in [6, 6.07) is 15.7. The zero-order valence-electron chi connectivity index (χ0n) is 12.3. The van der Waals surface area contributed by atoms with E-state index in [-0.39, 0.29) is 0 Å². The molecule has 2 nitrogen and oxygen atoms in total. The van der Waals surface area contributed by atoms with Gasteiger partial charge in [0.25, 0.3) is 0 Å². The van der Waals surface area contributed by atoms with Crippen LogP contribution in [0.4, 0.5) is 0 Å². The van der Waals surface area contributed by atoms with Gasteiger partial charge in [-0.25, -0.2) is 0 Å². The highest BCUT2D eigenvalue weighted by atomic mass is 35.5. The van der Waals surface area contributed by atoms with Crippen molar-refractivity contribution in [2.24, 2.45) is 0 Å². The topological polar surface area (TPSA) is 12.5 Å². The number of nitrogens with zero attached hydrogens (tertiary/aromatic N) is 1. The minimum Gasteiger partial charge on any atom is -0.489 e. The molecule has 4 heteroatoms. The average molecular weight is 332 g/mol. The third kappa shape index (κ3) is 3.60. The Balaban J connectivity index is 1.68. The predicted molar refractivity (Wildman–Crippen MR) is 94.7 cm³/mol. The summed E-state index contributed by atoms with van der Waals surface area (Å²) in [4.78, 5) is 3.18. The second kappa shape index (κ2) is 7.12. The van der Waals surface area contributed by atoms with Crippen LogP contribution in [0, 0.1) is 0 Å². The Morgan fingerprint density at radius 2 is 1.86 bits per heavy atom. The van der Waals surface area contributed by atoms with Crippen molar-refractivity contribution in [3.8, 4) is 5.75 Å². The van der Waals surface area contributed by atoms with Gasteiger partial charge in [-0.2, -0.15) is 0 Å². The third-order valence-electron chi connectivity index (χ3n) is 3.83. The van der Waals surface area contributed by atoms with Crippen LogP contribution in [0.2, 0.25) is 5.02 Å². The second-order valence-corrected chi connectivity index (χ2v) is 6.20. The van der Waals surface area contributed by atoms with E-state index in [4.69, 9.17) is 28.6 Å². The van der Waals surface area contributed by atoms with Gasteiger partial charge in [-0.1, -0.05) is 54.2 Å². The Labute approximate surface area is 141 Å². The smallest absolute Gasteiger partial charge is 0.120 e. The first-order valence-electron chi connectivity index (χ1n) is 7.49. The van der Waals surface area contributed by atoms with E-state index in [9.17, 15) is 0 Å². The fourth-order valence-corrected chi connectivity index (χ4v) is 3.10. The van der Waals surface area contributed by atoms with Gasteiger partial charge in [-0.15, -0.1) is 0 Å². The van der Waals surface area contributed by atoms with E-state index >= 15 is 0 Å². The molecule has 0 N–H and O–H groups in total. The SMILES string of the molecule is S=C(c1cccc(OCc2ccccc2Cl)c1)N1CCCC1. The van der Waals surface area contributed by atoms with Crippen LogP contribution in [-0.2, 0) is 6.61 Å². The van der Waals surface area contributed by atoms with Crippen LogP contribution in [0.1, 0.15) is 24.0 Å². The number of benzene rings is 2. The number of halogens is 1. The number of ether oxygens (including phenoxy) is 1. The number of likely N-dealkylation sites (tertiary alicyclic amines) is 1. The van der Waals surface area contributed by atoms with E-state index in [2.05, 4.69) is 4.90 Å². The highest BCUT2D eigenvalue weighted by Gasteiger charge is 2.16. The molecule has 1 aliphatic heterocycles. The summed E-state index contributed by atoms with van der Waals surface area (Å²) in [6.45, 7) is 2.58. The molecule has 1 aliphatic rings. The highest BCUT2D eigenvalue weighted by molar-refractivity contribution is 7.80. The van der Waals surface area contributed by atoms with Gasteiger partial charge in [-0.3, -0.25) is 0 Å². The first-order chi connectivity index (χ1) is 10.7. The average Bonchev–Trinajstić information content (AvgIpc) is 3.08. The van der Waals surface area contributed by atoms with Crippen molar-refractivity contribution in [3.05, 3.63) is 64.7 Å². The molecule has 114 valence electrons. The fourth-order valence-electron chi connectivity index (χ4n) is 2.60. The lowest BCUT2D eigenvalue weighted by Gasteiger charge is -2.19. The van der Waals surface area contributed by atoms with Crippen LogP contribution in [-0.4, -0.2) is 23.0 Å². The van der Waals surface area contributed by atoms with Gasteiger partial charge in [0.15, 0.2) is 0 Å². The first-order valence-corrected chi connectivity index (χ1v) is 8.28. The molecule has 22 heavy (non-hydrogen) atoms. The molecule has 0 amide bonds. The minimum absolute atomic E-state index is 0.458. The molecule has 0 atom stereocenters. The molecule has 2 aromatic rings. The lowest BCUT2D eigenvalue weighted by molar-refractivity contribution is 0.306. The van der Waals surface area contributed by atoms with Crippen LogP contribution in [0.15, 0.2) is 48.5 Å². The Hall–Kier alpha value is -1.58. The van der Waals surface area contributed by atoms with Gasteiger partial charge >= 0.3 is 0 Å². The zero-order chi connectivity index (χ0) is 15.4. The molecule has 0 radical (unpaired) electrons. The number of hydrogen-bond donors (Lipinski definition) is 0. The van der Waals surface area contributed by atoms with Crippen LogP contribution < -0.4 is 4.74 Å². The molecule has 0 aliphatic carbocycles. The Bertz CT molecular complexity index is 668. The molecule has 2 aromatic carbocycles. The lowest BCUT2D eigenvalue weighted by atomic mass is 10.2. The van der Waals surface area contributed by atoms with E-state index < -0.39 is 0 Å². The second-order valence-electron chi connectivity index (χ2n) is 5.41. The van der Waals surface area contributed by atoms with E-state index in [1.165, 1.54) is 12.8 Å². The zero-order valence-corrected chi connectivity index (χ0v) is 13.9. The summed E-state index contributed by atoms with van der Waals surface area (Å²) < 4.78 is 5.86. The maximum Gasteiger partial charge on any atom is 0.120 e. The van der Waals surface area contributed by atoms with Crippen molar-refractivity contribution in [2.45, 2.75) is 19.4 Å². The van der Waals surface area contributed by atoms with E-state index in [0.717, 1.165) is 40.0 Å². The monoisotopic (exact) mass is 331 g/mol. The standard InChI is InChI=1S/C18H18ClNOS/c19-17-9-2-1-6-15(17)13-21-16-8-5-7-14(12-16)18(22)20-10-3-4-11-20/h1-2,5-9,12H,3-4,10-11,13H2. The van der Waals surface area contributed by atoms with Crippen LogP contribution >= 0.6 is 23.8 Å². The van der Waals surface area contributed by atoms with E-state index in [1.54, 1.807) is 0 Å². The van der Waals surface area contributed by atoms with Crippen LogP contribution in [0.3, 0.4) is 0 Å². The molecule has 1 heterocycles. The number of rotatable bonds is 4. The van der Waals surface area contributed by atoms with Gasteiger partial charge in [0.1, 0.15) is 17.3 Å². The summed E-state index contributed by atoms with van der Waals surface area (Å²) in [5.74, 6) is 0.818. The molecule has 0 aromatic heterocycles. The molecular weight excluding hydrogens is 314 g/mol. The van der Waals surface area contributed by atoms with Gasteiger partial charge in [-0.05, 0) is 31.0 Å². The van der Waals surface area contributed by atoms with Crippen molar-refractivity contribution in [2.75, 3.05) is 13.1 Å². The third-order valence-corrected chi connectivity index (χ3v) is 4.69. The molecule has 0 bridgehead atoms. The van der Waals surface area contributed by atoms with Gasteiger partial charge in [0, 0.05) is 29.2 Å². The quantitative estimate of drug-likeness (QED) is 0.754. The normalized spacial score (nSPS) is 14.1. The summed E-state index contributed by atoms with van der Waals surface area (Å²) in [6.07, 6.45) is 2.45. The summed E-state index contributed by atoms with van der Waals surface area (Å²) in [5.41, 5.74) is 2.03. The van der Waals surface area contributed by atoms with Gasteiger partial charge in [0.2, 0.25) is 0 Å². The summed E-state index contributed by atoms with van der Waals surface area (Å²) >= 11 is 11.7. The van der Waals surface area contributed by atoms with Gasteiger partial charge < -0.3 is 9.64 Å². The molecular formula is C18H18ClNOS. The van der Waals surface area contributed by atoms with Crippen LogP contribution in [0.5, 0.6) is 5.75 Å². The largest absolute Gasteiger partial charge is 0.489 e. The lowest BCUT2D eigenvalue weighted by Crippen LogP contribution is -2.26. The molecule has 3 rings (SSSR count). The molecule has 1 fully saturated rings. The Morgan fingerprint density at radius 3 is 2.64 bits per heavy atom. The highest BCUT2D eigenvalue weighted by Crippen LogP contribution is 2.21. The molecule has 0 spiro atoms.